The van der Waals surface area contributed by atoms with Crippen molar-refractivity contribution in [2.24, 2.45) is 0 Å². The highest BCUT2D eigenvalue weighted by molar-refractivity contribution is 7.98. The fourth-order valence-electron chi connectivity index (χ4n) is 5.42. The third kappa shape index (κ3) is 5.66. The van der Waals surface area contributed by atoms with E-state index in [9.17, 15) is 19.7 Å². The van der Waals surface area contributed by atoms with Crippen molar-refractivity contribution in [1.82, 2.24) is 20.1 Å². The lowest BCUT2D eigenvalue weighted by molar-refractivity contribution is -0.385. The van der Waals surface area contributed by atoms with E-state index in [4.69, 9.17) is 4.74 Å². The van der Waals surface area contributed by atoms with Gasteiger partial charge in [0.25, 0.3) is 11.6 Å². The van der Waals surface area contributed by atoms with Gasteiger partial charge in [0, 0.05) is 43.8 Å². The van der Waals surface area contributed by atoms with Gasteiger partial charge in [-0.05, 0) is 42.7 Å². The van der Waals surface area contributed by atoms with Gasteiger partial charge in [0.1, 0.15) is 11.3 Å². The predicted molar refractivity (Wildman–Crippen MR) is 152 cm³/mol. The van der Waals surface area contributed by atoms with E-state index in [0.717, 1.165) is 5.75 Å². The Balaban J connectivity index is 1.35. The zero-order chi connectivity index (χ0) is 28.1. The lowest BCUT2D eigenvalue weighted by Gasteiger charge is -2.44. The minimum absolute atomic E-state index is 0.00634. The van der Waals surface area contributed by atoms with E-state index in [-0.39, 0.29) is 36.0 Å². The van der Waals surface area contributed by atoms with Crippen LogP contribution in [-0.4, -0.2) is 68.3 Å². The number of benzene rings is 2. The molecular formula is C29H31N5O5S. The Morgan fingerprint density at radius 3 is 2.58 bits per heavy atom. The molecule has 1 unspecified atom stereocenters. The molecule has 2 aliphatic heterocycles. The lowest BCUT2D eigenvalue weighted by atomic mass is 9.94. The van der Waals surface area contributed by atoms with Gasteiger partial charge < -0.3 is 14.5 Å². The Morgan fingerprint density at radius 1 is 1.12 bits per heavy atom. The summed E-state index contributed by atoms with van der Waals surface area (Å²) in [6.45, 7) is 0.938. The number of nitro benzene ring substituents is 1. The van der Waals surface area contributed by atoms with Gasteiger partial charge in [-0.15, -0.1) is 0 Å². The van der Waals surface area contributed by atoms with Crippen LogP contribution in [0.5, 0.6) is 11.6 Å². The summed E-state index contributed by atoms with van der Waals surface area (Å²) in [5.41, 5.74) is 0.156. The van der Waals surface area contributed by atoms with E-state index < -0.39 is 10.6 Å². The fourth-order valence-corrected chi connectivity index (χ4v) is 5.89. The third-order valence-electron chi connectivity index (χ3n) is 7.49. The van der Waals surface area contributed by atoms with Crippen LogP contribution in [0, 0.1) is 10.1 Å². The van der Waals surface area contributed by atoms with Crippen molar-refractivity contribution in [2.75, 3.05) is 25.1 Å². The van der Waals surface area contributed by atoms with Crippen LogP contribution >= 0.6 is 11.8 Å². The number of pyridine rings is 1. The minimum Gasteiger partial charge on any atom is -0.438 e. The zero-order valence-electron chi connectivity index (χ0n) is 22.2. The standard InChI is InChI=1S/C29H31N5O5S/c1-40-19-13-24-28(36)33(20-21-8-5-6-12-25(21)34(37)38)29(31-24)14-17-32(18-15-29)27(35)23-11-7-16-30-26(23)39-22-9-3-2-4-10-22/h2-12,16,24,31H,13-15,17-20H2,1H3. The number of ether oxygens (including phenoxy) is 1. The van der Waals surface area contributed by atoms with E-state index in [1.807, 2.05) is 24.5 Å². The molecule has 1 spiro atoms. The van der Waals surface area contributed by atoms with Crippen LogP contribution in [0.25, 0.3) is 0 Å². The number of rotatable bonds is 9. The maximum atomic E-state index is 13.6. The molecular weight excluding hydrogens is 530 g/mol. The molecule has 0 saturated carbocycles. The highest BCUT2D eigenvalue weighted by atomic mass is 32.2. The summed E-state index contributed by atoms with van der Waals surface area (Å²) in [4.78, 5) is 46.3. The number of hydrogen-bond donors (Lipinski definition) is 1. The van der Waals surface area contributed by atoms with Crippen LogP contribution in [0.15, 0.2) is 72.9 Å². The molecule has 2 amide bonds. The molecule has 0 radical (unpaired) electrons. The van der Waals surface area contributed by atoms with Crippen LogP contribution in [0.3, 0.4) is 0 Å². The first-order valence-corrected chi connectivity index (χ1v) is 14.6. The van der Waals surface area contributed by atoms with Crippen molar-refractivity contribution >= 4 is 29.3 Å². The summed E-state index contributed by atoms with van der Waals surface area (Å²) < 4.78 is 5.91. The molecule has 3 aromatic rings. The largest absolute Gasteiger partial charge is 0.438 e. The second-order valence-electron chi connectivity index (χ2n) is 9.88. The highest BCUT2D eigenvalue weighted by Gasteiger charge is 2.52. The molecule has 2 aliphatic rings. The molecule has 0 aliphatic carbocycles. The molecule has 208 valence electrons. The normalized spacial score (nSPS) is 18.2. The Morgan fingerprint density at radius 2 is 1.85 bits per heavy atom. The Bertz CT molecular complexity index is 1380. The molecule has 0 bridgehead atoms. The van der Waals surface area contributed by atoms with Gasteiger partial charge in [-0.1, -0.05) is 36.4 Å². The van der Waals surface area contributed by atoms with Crippen LogP contribution in [0.4, 0.5) is 5.69 Å². The number of thioether (sulfide) groups is 1. The Kier molecular flexibility index (Phi) is 8.32. The second-order valence-corrected chi connectivity index (χ2v) is 10.9. The maximum Gasteiger partial charge on any atom is 0.274 e. The smallest absolute Gasteiger partial charge is 0.274 e. The van der Waals surface area contributed by atoms with Gasteiger partial charge in [-0.3, -0.25) is 25.0 Å². The average molecular weight is 562 g/mol. The van der Waals surface area contributed by atoms with Crippen molar-refractivity contribution in [3.63, 3.8) is 0 Å². The van der Waals surface area contributed by atoms with E-state index in [2.05, 4.69) is 10.3 Å². The number of aromatic nitrogens is 1. The molecule has 10 nitrogen and oxygen atoms in total. The fraction of sp³-hybridized carbons (Fsp3) is 0.345. The topological polar surface area (TPSA) is 118 Å². The first-order valence-electron chi connectivity index (χ1n) is 13.2. The van der Waals surface area contributed by atoms with Gasteiger partial charge in [0.05, 0.1) is 23.2 Å². The molecule has 11 heteroatoms. The van der Waals surface area contributed by atoms with Gasteiger partial charge in [-0.2, -0.15) is 11.8 Å². The molecule has 1 aromatic heterocycles. The quantitative estimate of drug-likeness (QED) is 0.300. The van der Waals surface area contributed by atoms with E-state index in [1.165, 1.54) is 6.07 Å². The summed E-state index contributed by atoms with van der Waals surface area (Å²) in [6, 6.07) is 18.8. The molecule has 1 atom stereocenters. The SMILES string of the molecule is CSCCC1NC2(CCN(C(=O)c3cccnc3Oc3ccccc3)CC2)N(Cc2ccccc2[N+](=O)[O-])C1=O. The number of nitrogens with zero attached hydrogens (tertiary/aromatic N) is 4. The number of para-hydroxylation sites is 2. The number of likely N-dealkylation sites (tertiary alicyclic amines) is 1. The lowest BCUT2D eigenvalue weighted by Crippen LogP contribution is -2.59. The average Bonchev–Trinajstić information content (AvgIpc) is 3.22. The van der Waals surface area contributed by atoms with Crippen LogP contribution in [-0.2, 0) is 11.3 Å². The molecule has 2 aromatic carbocycles. The summed E-state index contributed by atoms with van der Waals surface area (Å²) in [5.74, 6) is 1.39. The number of carbonyl (C=O) groups is 2. The summed E-state index contributed by atoms with van der Waals surface area (Å²) >= 11 is 1.67. The van der Waals surface area contributed by atoms with Crippen LogP contribution in [0.2, 0.25) is 0 Å². The highest BCUT2D eigenvalue weighted by Crippen LogP contribution is 2.37. The van der Waals surface area contributed by atoms with E-state index >= 15 is 0 Å². The predicted octanol–water partition coefficient (Wildman–Crippen LogP) is 4.47. The number of amides is 2. The molecule has 40 heavy (non-hydrogen) atoms. The summed E-state index contributed by atoms with van der Waals surface area (Å²) in [7, 11) is 0. The molecule has 2 fully saturated rings. The number of hydrogen-bond acceptors (Lipinski definition) is 8. The van der Waals surface area contributed by atoms with Gasteiger partial charge in [0.2, 0.25) is 11.8 Å². The molecule has 5 rings (SSSR count). The monoisotopic (exact) mass is 561 g/mol. The first-order chi connectivity index (χ1) is 19.4. The van der Waals surface area contributed by atoms with Crippen molar-refractivity contribution < 1.29 is 19.2 Å². The summed E-state index contributed by atoms with van der Waals surface area (Å²) in [6.07, 6.45) is 5.24. The number of nitrogens with one attached hydrogen (secondary N) is 1. The Hall–Kier alpha value is -3.96. The molecule has 3 heterocycles. The van der Waals surface area contributed by atoms with Gasteiger partial charge in [0.15, 0.2) is 0 Å². The van der Waals surface area contributed by atoms with E-state index in [1.54, 1.807) is 70.2 Å². The number of carbonyl (C=O) groups excluding carboxylic acids is 2. The molecule has 1 N–H and O–H groups in total. The first kappa shape index (κ1) is 27.6. The second kappa shape index (κ2) is 12.1. The minimum atomic E-state index is -0.695. The van der Waals surface area contributed by atoms with E-state index in [0.29, 0.717) is 49.2 Å². The summed E-state index contributed by atoms with van der Waals surface area (Å²) in [5, 5.41) is 15.2. The number of piperidine rings is 1. The van der Waals surface area contributed by atoms with Gasteiger partial charge >= 0.3 is 0 Å². The van der Waals surface area contributed by atoms with Gasteiger partial charge in [-0.25, -0.2) is 4.98 Å². The van der Waals surface area contributed by atoms with Crippen LogP contribution in [0.1, 0.15) is 35.2 Å². The van der Waals surface area contributed by atoms with Crippen molar-refractivity contribution in [3.05, 3.63) is 94.2 Å². The molecule has 2 saturated heterocycles. The number of nitro groups is 1. The van der Waals surface area contributed by atoms with Crippen LogP contribution < -0.4 is 10.1 Å². The maximum absolute atomic E-state index is 13.6. The van der Waals surface area contributed by atoms with Crippen molar-refractivity contribution in [2.45, 2.75) is 37.5 Å². The zero-order valence-corrected chi connectivity index (χ0v) is 23.0. The van der Waals surface area contributed by atoms with Crippen molar-refractivity contribution in [3.8, 4) is 11.6 Å². The van der Waals surface area contributed by atoms with Crippen molar-refractivity contribution in [1.29, 1.82) is 0 Å². The third-order valence-corrected chi connectivity index (χ3v) is 8.13. The Labute approximate surface area is 236 Å².